The fourth-order valence-electron chi connectivity index (χ4n) is 1.37. The van der Waals surface area contributed by atoms with Gasteiger partial charge in [0.2, 0.25) is 0 Å². The summed E-state index contributed by atoms with van der Waals surface area (Å²) >= 11 is 0. The molecule has 0 aromatic rings. The summed E-state index contributed by atoms with van der Waals surface area (Å²) in [7, 11) is 0. The van der Waals surface area contributed by atoms with Crippen molar-refractivity contribution in [2.45, 2.75) is 31.2 Å². The molecular formula is C8H12F3NO3. The molecule has 1 aliphatic rings. The van der Waals surface area contributed by atoms with Gasteiger partial charge < -0.3 is 15.2 Å². The van der Waals surface area contributed by atoms with E-state index in [4.69, 9.17) is 9.84 Å². The van der Waals surface area contributed by atoms with E-state index in [2.05, 4.69) is 5.32 Å². The van der Waals surface area contributed by atoms with Gasteiger partial charge in [0.05, 0.1) is 6.42 Å². The minimum Gasteiger partial charge on any atom is -0.481 e. The van der Waals surface area contributed by atoms with Crippen LogP contribution in [0.2, 0.25) is 0 Å². The van der Waals surface area contributed by atoms with Crippen LogP contribution in [0.4, 0.5) is 13.2 Å². The highest BCUT2D eigenvalue weighted by Gasteiger charge is 2.47. The third-order valence-electron chi connectivity index (χ3n) is 2.26. The number of carboxylic acid groups (broad SMARTS) is 1. The molecule has 0 saturated carbocycles. The van der Waals surface area contributed by atoms with Crippen LogP contribution in [0.15, 0.2) is 0 Å². The molecule has 0 amide bonds. The van der Waals surface area contributed by atoms with Crippen LogP contribution in [-0.2, 0) is 9.53 Å². The maximum Gasteiger partial charge on any atom is 0.414 e. The second kappa shape index (κ2) is 3.97. The van der Waals surface area contributed by atoms with E-state index in [0.29, 0.717) is 0 Å². The molecule has 0 radical (unpaired) electrons. The van der Waals surface area contributed by atoms with Crippen molar-refractivity contribution in [2.24, 2.45) is 0 Å². The zero-order valence-electron chi connectivity index (χ0n) is 8.10. The van der Waals surface area contributed by atoms with E-state index >= 15 is 0 Å². The number of nitrogens with one attached hydrogen (secondary N) is 1. The van der Waals surface area contributed by atoms with Crippen LogP contribution in [0.25, 0.3) is 0 Å². The van der Waals surface area contributed by atoms with Crippen LogP contribution >= 0.6 is 0 Å². The molecule has 1 heterocycles. The number of hydrogen-bond acceptors (Lipinski definition) is 3. The molecular weight excluding hydrogens is 215 g/mol. The fourth-order valence-corrected chi connectivity index (χ4v) is 1.37. The summed E-state index contributed by atoms with van der Waals surface area (Å²) in [6.45, 7) is 1.15. The number of alkyl halides is 3. The predicted molar refractivity (Wildman–Crippen MR) is 44.5 cm³/mol. The zero-order valence-corrected chi connectivity index (χ0v) is 8.10. The molecule has 15 heavy (non-hydrogen) atoms. The van der Waals surface area contributed by atoms with E-state index in [0.717, 1.165) is 6.92 Å². The normalized spacial score (nSPS) is 21.9. The van der Waals surface area contributed by atoms with Gasteiger partial charge in [0.15, 0.2) is 6.10 Å². The predicted octanol–water partition coefficient (Wildman–Crippen LogP) is 0.771. The Balaban J connectivity index is 2.57. The molecule has 0 aromatic heterocycles. The highest BCUT2D eigenvalue weighted by molar-refractivity contribution is 5.68. The van der Waals surface area contributed by atoms with Gasteiger partial charge in [-0.3, -0.25) is 4.79 Å². The molecule has 0 spiro atoms. The number of rotatable bonds is 4. The number of hydrogen-bond donors (Lipinski definition) is 2. The molecule has 4 nitrogen and oxygen atoms in total. The third-order valence-corrected chi connectivity index (χ3v) is 2.26. The van der Waals surface area contributed by atoms with Crippen molar-refractivity contribution in [3.63, 3.8) is 0 Å². The maximum absolute atomic E-state index is 12.2. The van der Waals surface area contributed by atoms with Crippen LogP contribution in [0.5, 0.6) is 0 Å². The second-order valence-electron chi connectivity index (χ2n) is 3.66. The molecule has 88 valence electrons. The molecule has 7 heteroatoms. The van der Waals surface area contributed by atoms with Gasteiger partial charge in [-0.15, -0.1) is 0 Å². The van der Waals surface area contributed by atoms with Crippen molar-refractivity contribution in [1.29, 1.82) is 0 Å². The van der Waals surface area contributed by atoms with Crippen LogP contribution in [0, 0.1) is 0 Å². The number of carbonyl (C=O) groups is 1. The average Bonchev–Trinajstić information content (AvgIpc) is 1.97. The van der Waals surface area contributed by atoms with E-state index in [1.54, 1.807) is 0 Å². The van der Waals surface area contributed by atoms with Crippen molar-refractivity contribution in [3.05, 3.63) is 0 Å². The number of halogens is 3. The van der Waals surface area contributed by atoms with Crippen molar-refractivity contribution in [2.75, 3.05) is 13.1 Å². The summed E-state index contributed by atoms with van der Waals surface area (Å²) in [5, 5.41) is 11.2. The molecule has 1 atom stereocenters. The minimum atomic E-state index is -4.46. The van der Waals surface area contributed by atoms with Gasteiger partial charge >= 0.3 is 12.1 Å². The first kappa shape index (κ1) is 12.3. The first-order valence-electron chi connectivity index (χ1n) is 4.42. The first-order chi connectivity index (χ1) is 6.75. The lowest BCUT2D eigenvalue weighted by molar-refractivity contribution is -0.256. The lowest BCUT2D eigenvalue weighted by atomic mass is 9.92. The molecule has 1 unspecified atom stereocenters. The Hall–Kier alpha value is -0.820. The molecule has 1 aliphatic heterocycles. The molecule has 0 aromatic carbocycles. The van der Waals surface area contributed by atoms with Gasteiger partial charge in [0.1, 0.15) is 5.60 Å². The average molecular weight is 227 g/mol. The minimum absolute atomic E-state index is 0.139. The van der Waals surface area contributed by atoms with Gasteiger partial charge in [-0.05, 0) is 6.92 Å². The largest absolute Gasteiger partial charge is 0.481 e. The topological polar surface area (TPSA) is 58.6 Å². The fraction of sp³-hybridized carbons (Fsp3) is 0.875. The van der Waals surface area contributed by atoms with Gasteiger partial charge in [-0.2, -0.15) is 13.2 Å². The van der Waals surface area contributed by atoms with E-state index in [9.17, 15) is 18.0 Å². The standard InChI is InChI=1S/C8H12F3NO3/c1-5(8(9,10)11)15-7(2-6(13)14)3-12-4-7/h5,12H,2-4H2,1H3,(H,13,14). The smallest absolute Gasteiger partial charge is 0.414 e. The van der Waals surface area contributed by atoms with Gasteiger partial charge in [-0.25, -0.2) is 0 Å². The van der Waals surface area contributed by atoms with Gasteiger partial charge in [-0.1, -0.05) is 0 Å². The zero-order chi connectivity index (χ0) is 11.7. The molecule has 1 fully saturated rings. The maximum atomic E-state index is 12.2. The second-order valence-corrected chi connectivity index (χ2v) is 3.66. The van der Waals surface area contributed by atoms with Gasteiger partial charge in [0.25, 0.3) is 0 Å². The molecule has 2 N–H and O–H groups in total. The highest BCUT2D eigenvalue weighted by Crippen LogP contribution is 2.30. The third kappa shape index (κ3) is 3.07. The van der Waals surface area contributed by atoms with E-state index in [-0.39, 0.29) is 13.1 Å². The Morgan fingerprint density at radius 2 is 2.13 bits per heavy atom. The summed E-state index contributed by atoms with van der Waals surface area (Å²) in [5.74, 6) is -1.16. The van der Waals surface area contributed by atoms with Crippen molar-refractivity contribution in [3.8, 4) is 0 Å². The molecule has 0 bridgehead atoms. The number of aliphatic carboxylic acids is 1. The summed E-state index contributed by atoms with van der Waals surface area (Å²) < 4.78 is 41.3. The Morgan fingerprint density at radius 1 is 1.60 bits per heavy atom. The lowest BCUT2D eigenvalue weighted by Gasteiger charge is -2.43. The molecule has 1 rings (SSSR count). The monoisotopic (exact) mass is 227 g/mol. The number of ether oxygens (including phenoxy) is 1. The molecule has 0 aliphatic carbocycles. The summed E-state index contributed by atoms with van der Waals surface area (Å²) in [5.41, 5.74) is -1.21. The quantitative estimate of drug-likeness (QED) is 0.744. The van der Waals surface area contributed by atoms with Gasteiger partial charge in [0, 0.05) is 13.1 Å². The van der Waals surface area contributed by atoms with Crippen LogP contribution in [-0.4, -0.2) is 42.0 Å². The van der Waals surface area contributed by atoms with Crippen LogP contribution in [0.1, 0.15) is 13.3 Å². The van der Waals surface area contributed by atoms with E-state index < -0.39 is 30.3 Å². The van der Waals surface area contributed by atoms with E-state index in [1.807, 2.05) is 0 Å². The van der Waals surface area contributed by atoms with Crippen LogP contribution < -0.4 is 5.32 Å². The summed E-state index contributed by atoms with van der Waals surface area (Å²) in [6.07, 6.45) is -6.82. The van der Waals surface area contributed by atoms with Crippen LogP contribution in [0.3, 0.4) is 0 Å². The Labute approximate surface area is 84.4 Å². The van der Waals surface area contributed by atoms with E-state index in [1.165, 1.54) is 0 Å². The first-order valence-corrected chi connectivity index (χ1v) is 4.42. The lowest BCUT2D eigenvalue weighted by Crippen LogP contribution is -2.63. The highest BCUT2D eigenvalue weighted by atomic mass is 19.4. The summed E-state index contributed by atoms with van der Waals surface area (Å²) in [4.78, 5) is 10.4. The Kier molecular flexibility index (Phi) is 3.25. The SMILES string of the molecule is CC(OC1(CC(=O)O)CNC1)C(F)(F)F. The Bertz CT molecular complexity index is 250. The molecule has 1 saturated heterocycles. The van der Waals surface area contributed by atoms with Crippen molar-refractivity contribution >= 4 is 5.97 Å². The Morgan fingerprint density at radius 3 is 2.40 bits per heavy atom. The van der Waals surface area contributed by atoms with Crippen molar-refractivity contribution in [1.82, 2.24) is 5.32 Å². The van der Waals surface area contributed by atoms with Crippen molar-refractivity contribution < 1.29 is 27.8 Å². The summed E-state index contributed by atoms with van der Waals surface area (Å²) in [6, 6.07) is 0. The number of carboxylic acids is 1.